The summed E-state index contributed by atoms with van der Waals surface area (Å²) in [7, 11) is 0. The predicted molar refractivity (Wildman–Crippen MR) is 131 cm³/mol. The van der Waals surface area contributed by atoms with Crippen molar-refractivity contribution in [2.75, 3.05) is 0 Å². The van der Waals surface area contributed by atoms with Gasteiger partial charge in [0.2, 0.25) is 0 Å². The fraction of sp³-hybridized carbons (Fsp3) is 0.0714. The number of ketones is 1. The van der Waals surface area contributed by atoms with E-state index in [1.807, 2.05) is 56.3 Å². The molecule has 0 N–H and O–H groups in total. The van der Waals surface area contributed by atoms with E-state index < -0.39 is 6.89 Å². The zero-order valence-corrected chi connectivity index (χ0v) is 18.2. The first-order valence-electron chi connectivity index (χ1n) is 10.2. The fourth-order valence-corrected chi connectivity index (χ4v) is 8.40. The van der Waals surface area contributed by atoms with Gasteiger partial charge in [-0.05, 0) is 36.6 Å². The third-order valence-electron chi connectivity index (χ3n) is 5.58. The van der Waals surface area contributed by atoms with Gasteiger partial charge in [0.25, 0.3) is 0 Å². The molecule has 0 aromatic heterocycles. The highest BCUT2D eigenvalue weighted by molar-refractivity contribution is 7.96. The van der Waals surface area contributed by atoms with Crippen LogP contribution >= 0.6 is 6.89 Å². The van der Waals surface area contributed by atoms with Crippen molar-refractivity contribution in [3.05, 3.63) is 126 Å². The molecule has 4 rings (SSSR count). The molecule has 0 saturated carbocycles. The lowest BCUT2D eigenvalue weighted by Gasteiger charge is -2.31. The molecule has 0 spiro atoms. The van der Waals surface area contributed by atoms with Crippen molar-refractivity contribution < 1.29 is 4.79 Å². The summed E-state index contributed by atoms with van der Waals surface area (Å²) in [6.07, 6.45) is 0. The van der Waals surface area contributed by atoms with E-state index in [-0.39, 0.29) is 5.78 Å². The van der Waals surface area contributed by atoms with Crippen LogP contribution in [0.5, 0.6) is 0 Å². The van der Waals surface area contributed by atoms with Crippen molar-refractivity contribution >= 4 is 33.9 Å². The molecule has 0 amide bonds. The van der Waals surface area contributed by atoms with E-state index in [1.54, 1.807) is 0 Å². The van der Waals surface area contributed by atoms with Crippen molar-refractivity contribution in [1.29, 1.82) is 0 Å². The van der Waals surface area contributed by atoms with E-state index in [2.05, 4.69) is 72.8 Å². The normalized spacial score (nSPS) is 11.1. The van der Waals surface area contributed by atoms with Crippen molar-refractivity contribution in [2.24, 2.45) is 0 Å². The number of carbonyl (C=O) groups is 1. The third-order valence-corrected chi connectivity index (χ3v) is 10.0. The molecule has 0 radical (unpaired) electrons. The quantitative estimate of drug-likeness (QED) is 0.321. The molecule has 0 aliphatic carbocycles. The Balaban J connectivity index is 2.13. The maximum atomic E-state index is 13.8. The number of carbonyl (C=O) groups excluding carboxylic acids is 1. The Morgan fingerprint density at radius 1 is 0.567 bits per heavy atom. The molecule has 0 bridgehead atoms. The molecule has 4 aromatic rings. The Kier molecular flexibility index (Phi) is 5.84. The van der Waals surface area contributed by atoms with Crippen LogP contribution in [0.25, 0.3) is 0 Å². The largest absolute Gasteiger partial charge is 0.289 e. The Labute approximate surface area is 179 Å². The first-order valence-corrected chi connectivity index (χ1v) is 11.9. The lowest BCUT2D eigenvalue weighted by Crippen LogP contribution is -2.32. The average molecular weight is 408 g/mol. The zero-order chi connectivity index (χ0) is 21.0. The van der Waals surface area contributed by atoms with Gasteiger partial charge in [0, 0.05) is 10.9 Å². The van der Waals surface area contributed by atoms with Crippen LogP contribution in [0.3, 0.4) is 0 Å². The van der Waals surface area contributed by atoms with Crippen LogP contribution in [0.15, 0.2) is 115 Å². The number of hydrogen-bond acceptors (Lipinski definition) is 1. The second kappa shape index (κ2) is 8.69. The molecular weight excluding hydrogens is 383 g/mol. The maximum absolute atomic E-state index is 13.8. The van der Waals surface area contributed by atoms with Crippen LogP contribution in [-0.4, -0.2) is 11.1 Å². The predicted octanol–water partition coefficient (Wildman–Crippen LogP) is 5.36. The summed E-state index contributed by atoms with van der Waals surface area (Å²) < 4.78 is 0. The molecule has 148 valence electrons. The first kappa shape index (κ1) is 20.1. The highest BCUT2D eigenvalue weighted by Crippen LogP contribution is 2.46. The zero-order valence-electron chi connectivity index (χ0n) is 17.3. The summed E-state index contributed by atoms with van der Waals surface area (Å²) in [6.45, 7) is 1.76. The molecule has 2 heteroatoms. The Bertz CT molecular complexity index is 1090. The van der Waals surface area contributed by atoms with Crippen LogP contribution < -0.4 is 15.9 Å². The molecule has 0 saturated heterocycles. The van der Waals surface area contributed by atoms with Crippen molar-refractivity contribution in [3.63, 3.8) is 0 Å². The Morgan fingerprint density at radius 2 is 0.933 bits per heavy atom. The van der Waals surface area contributed by atoms with Gasteiger partial charge in [0.1, 0.15) is 0 Å². The number of benzene rings is 4. The minimum Gasteiger partial charge on any atom is -0.289 e. The smallest absolute Gasteiger partial charge is 0.189 e. The highest BCUT2D eigenvalue weighted by Gasteiger charge is 2.30. The van der Waals surface area contributed by atoms with E-state index >= 15 is 0 Å². The van der Waals surface area contributed by atoms with Gasteiger partial charge >= 0.3 is 0 Å². The SMILES string of the molecule is CC(C(=O)c1ccc(C)cc1)=P(c1ccccc1)(c1ccccc1)c1ccccc1. The Hall–Kier alpha value is -3.15. The number of rotatable bonds is 5. The van der Waals surface area contributed by atoms with E-state index in [1.165, 1.54) is 15.9 Å². The second-order valence-electron chi connectivity index (χ2n) is 7.46. The van der Waals surface area contributed by atoms with Gasteiger partial charge in [-0.25, -0.2) is 0 Å². The average Bonchev–Trinajstić information content (AvgIpc) is 2.82. The minimum absolute atomic E-state index is 0.111. The molecule has 0 atom stereocenters. The maximum Gasteiger partial charge on any atom is 0.189 e. The summed E-state index contributed by atoms with van der Waals surface area (Å²) in [6, 6.07) is 39.4. The highest BCUT2D eigenvalue weighted by atomic mass is 31.2. The van der Waals surface area contributed by atoms with Crippen LogP contribution in [0.1, 0.15) is 22.8 Å². The second-order valence-corrected chi connectivity index (χ2v) is 11.0. The molecule has 30 heavy (non-hydrogen) atoms. The number of Topliss-reactive ketones (excluding diaryl/α,β-unsaturated/α-hetero) is 1. The van der Waals surface area contributed by atoms with Crippen molar-refractivity contribution in [3.8, 4) is 0 Å². The standard InChI is InChI=1S/C28H25OP/c1-22-18-20-24(21-19-22)28(29)23(2)30(25-12-6-3-7-13-25,26-14-8-4-9-15-26)27-16-10-5-11-17-27/h3-21H,1-2H3. The summed E-state index contributed by atoms with van der Waals surface area (Å²) in [4.78, 5) is 13.8. The fourth-order valence-electron chi connectivity index (χ4n) is 4.05. The van der Waals surface area contributed by atoms with Crippen molar-refractivity contribution in [1.82, 2.24) is 0 Å². The van der Waals surface area contributed by atoms with E-state index in [0.717, 1.165) is 16.4 Å². The summed E-state index contributed by atoms with van der Waals surface area (Å²) in [5.41, 5.74) is 1.89. The molecule has 0 heterocycles. The molecule has 0 fully saturated rings. The van der Waals surface area contributed by atoms with Gasteiger partial charge in [0.15, 0.2) is 5.78 Å². The van der Waals surface area contributed by atoms with Crippen LogP contribution in [0.2, 0.25) is 0 Å². The molecular formula is C28H25OP. The Morgan fingerprint density at radius 3 is 1.30 bits per heavy atom. The van der Waals surface area contributed by atoms with Crippen LogP contribution in [0, 0.1) is 6.92 Å². The van der Waals surface area contributed by atoms with Crippen LogP contribution in [0.4, 0.5) is 0 Å². The van der Waals surface area contributed by atoms with E-state index in [9.17, 15) is 4.79 Å². The van der Waals surface area contributed by atoms with Gasteiger partial charge in [0.05, 0.1) is 0 Å². The van der Waals surface area contributed by atoms with Gasteiger partial charge in [-0.3, -0.25) is 4.79 Å². The molecule has 0 aliphatic rings. The minimum atomic E-state index is -2.31. The number of aryl methyl sites for hydroxylation is 1. The van der Waals surface area contributed by atoms with E-state index in [4.69, 9.17) is 0 Å². The summed E-state index contributed by atoms with van der Waals surface area (Å²) >= 11 is 0. The lowest BCUT2D eigenvalue weighted by atomic mass is 10.1. The molecule has 0 aliphatic heterocycles. The van der Waals surface area contributed by atoms with Gasteiger partial charge < -0.3 is 0 Å². The first-order chi connectivity index (χ1) is 14.6. The van der Waals surface area contributed by atoms with Crippen LogP contribution in [-0.2, 0) is 0 Å². The van der Waals surface area contributed by atoms with Gasteiger partial charge in [-0.15, -0.1) is 0 Å². The number of hydrogen-bond donors (Lipinski definition) is 0. The molecule has 1 nitrogen and oxygen atoms in total. The third kappa shape index (κ3) is 3.58. The van der Waals surface area contributed by atoms with Crippen molar-refractivity contribution in [2.45, 2.75) is 13.8 Å². The summed E-state index contributed by atoms with van der Waals surface area (Å²) in [5.74, 6) is 0.111. The van der Waals surface area contributed by atoms with E-state index in [0.29, 0.717) is 0 Å². The summed E-state index contributed by atoms with van der Waals surface area (Å²) in [5, 5.41) is 4.48. The molecule has 4 aromatic carbocycles. The topological polar surface area (TPSA) is 17.1 Å². The molecule has 0 unspecified atom stereocenters. The van der Waals surface area contributed by atoms with Gasteiger partial charge in [-0.2, -0.15) is 0 Å². The van der Waals surface area contributed by atoms with Gasteiger partial charge in [-0.1, -0.05) is 121 Å². The lowest BCUT2D eigenvalue weighted by molar-refractivity contribution is 0.106. The monoisotopic (exact) mass is 408 g/mol.